The summed E-state index contributed by atoms with van der Waals surface area (Å²) in [6.45, 7) is 0. The monoisotopic (exact) mass is 270 g/mol. The van der Waals surface area contributed by atoms with Crippen molar-refractivity contribution in [2.75, 3.05) is 5.73 Å². The smallest absolute Gasteiger partial charge is 0.220 e. The van der Waals surface area contributed by atoms with Gasteiger partial charge in [-0.15, -0.1) is 0 Å². The molecule has 0 bridgehead atoms. The normalized spacial score (nSPS) is 10.8. The van der Waals surface area contributed by atoms with Gasteiger partial charge in [-0.3, -0.25) is 4.98 Å². The van der Waals surface area contributed by atoms with E-state index in [1.54, 1.807) is 12.3 Å². The molecule has 4 nitrogen and oxygen atoms in total. The van der Waals surface area contributed by atoms with Gasteiger partial charge in [0, 0.05) is 28.7 Å². The van der Waals surface area contributed by atoms with Crippen molar-refractivity contribution in [3.8, 4) is 0 Å². The summed E-state index contributed by atoms with van der Waals surface area (Å²) in [6, 6.07) is 11.3. The van der Waals surface area contributed by atoms with Gasteiger partial charge in [0.1, 0.15) is 0 Å². The largest absolute Gasteiger partial charge is 0.368 e. The van der Waals surface area contributed by atoms with Crippen LogP contribution in [0, 0.1) is 0 Å². The van der Waals surface area contributed by atoms with E-state index in [0.29, 0.717) is 11.4 Å². The highest BCUT2D eigenvalue weighted by Crippen LogP contribution is 2.22. The number of nitrogen functional groups attached to an aromatic ring is 1. The Bertz CT molecular complexity index is 728. The first-order chi connectivity index (χ1) is 9.22. The summed E-state index contributed by atoms with van der Waals surface area (Å²) in [6.07, 6.45) is 2.36. The quantitative estimate of drug-likeness (QED) is 0.778. The van der Waals surface area contributed by atoms with E-state index in [0.717, 1.165) is 22.3 Å². The Morgan fingerprint density at radius 1 is 1.11 bits per heavy atom. The molecule has 0 aliphatic heterocycles. The molecule has 0 amide bonds. The number of pyridine rings is 1. The van der Waals surface area contributed by atoms with Crippen LogP contribution in [0.3, 0.4) is 0 Å². The maximum Gasteiger partial charge on any atom is 0.220 e. The van der Waals surface area contributed by atoms with Gasteiger partial charge in [-0.2, -0.15) is 0 Å². The van der Waals surface area contributed by atoms with Crippen molar-refractivity contribution in [1.29, 1.82) is 0 Å². The lowest BCUT2D eigenvalue weighted by Gasteiger charge is -2.06. The lowest BCUT2D eigenvalue weighted by molar-refractivity contribution is 1.02. The minimum Gasteiger partial charge on any atom is -0.368 e. The van der Waals surface area contributed by atoms with Crippen LogP contribution in [-0.4, -0.2) is 15.0 Å². The van der Waals surface area contributed by atoms with Gasteiger partial charge < -0.3 is 5.73 Å². The van der Waals surface area contributed by atoms with Gasteiger partial charge in [0.15, 0.2) is 0 Å². The number of hydrogen-bond donors (Lipinski definition) is 1. The first-order valence-electron chi connectivity index (χ1n) is 5.84. The number of rotatable bonds is 2. The Hall–Kier alpha value is -2.20. The predicted molar refractivity (Wildman–Crippen MR) is 76.0 cm³/mol. The topological polar surface area (TPSA) is 64.7 Å². The summed E-state index contributed by atoms with van der Waals surface area (Å²) in [4.78, 5) is 12.8. The second-order valence-corrected chi connectivity index (χ2v) is 4.62. The first-order valence-corrected chi connectivity index (χ1v) is 6.22. The fourth-order valence-electron chi connectivity index (χ4n) is 1.99. The van der Waals surface area contributed by atoms with Crippen molar-refractivity contribution >= 4 is 28.5 Å². The molecule has 0 aliphatic rings. The van der Waals surface area contributed by atoms with Gasteiger partial charge in [-0.1, -0.05) is 17.7 Å². The number of nitrogens with zero attached hydrogens (tertiary/aromatic N) is 3. The Morgan fingerprint density at radius 2 is 2.00 bits per heavy atom. The van der Waals surface area contributed by atoms with Crippen molar-refractivity contribution < 1.29 is 0 Å². The van der Waals surface area contributed by atoms with Crippen molar-refractivity contribution in [2.45, 2.75) is 6.42 Å². The van der Waals surface area contributed by atoms with Crippen LogP contribution >= 0.6 is 11.6 Å². The highest BCUT2D eigenvalue weighted by atomic mass is 35.5. The lowest BCUT2D eigenvalue weighted by Crippen LogP contribution is -2.02. The molecule has 5 heteroatoms. The molecule has 0 fully saturated rings. The maximum atomic E-state index is 6.03. The molecule has 0 unspecified atom stereocenters. The Labute approximate surface area is 115 Å². The van der Waals surface area contributed by atoms with Crippen LogP contribution in [0.1, 0.15) is 11.4 Å². The van der Waals surface area contributed by atoms with Crippen LogP contribution in [0.25, 0.3) is 10.9 Å². The summed E-state index contributed by atoms with van der Waals surface area (Å²) in [5.41, 5.74) is 8.30. The summed E-state index contributed by atoms with van der Waals surface area (Å²) in [5.74, 6) is 0.265. The Kier molecular flexibility index (Phi) is 3.01. The average Bonchev–Trinajstić information content (AvgIpc) is 2.41. The zero-order valence-electron chi connectivity index (χ0n) is 10.0. The van der Waals surface area contributed by atoms with Gasteiger partial charge in [-0.05, 0) is 30.3 Å². The van der Waals surface area contributed by atoms with Crippen molar-refractivity contribution in [2.24, 2.45) is 0 Å². The molecule has 19 heavy (non-hydrogen) atoms. The molecule has 94 valence electrons. The van der Waals surface area contributed by atoms with Crippen LogP contribution in [0.5, 0.6) is 0 Å². The highest BCUT2D eigenvalue weighted by Gasteiger charge is 2.08. The van der Waals surface area contributed by atoms with E-state index in [2.05, 4.69) is 15.0 Å². The maximum absolute atomic E-state index is 6.03. The fourth-order valence-corrected chi connectivity index (χ4v) is 2.16. The number of nitrogens with two attached hydrogens (primary N) is 1. The second-order valence-electron chi connectivity index (χ2n) is 4.19. The number of aromatic nitrogens is 3. The standard InChI is InChI=1S/C14H11ClN4/c15-9-4-5-12-11(7-9)13(19-14(16)18-12)8-10-3-1-2-6-17-10/h1-7H,8H2,(H2,16,18,19). The van der Waals surface area contributed by atoms with E-state index in [9.17, 15) is 0 Å². The number of benzene rings is 1. The predicted octanol–water partition coefficient (Wildman–Crippen LogP) is 2.85. The van der Waals surface area contributed by atoms with Crippen LogP contribution in [0.2, 0.25) is 5.02 Å². The highest BCUT2D eigenvalue weighted by molar-refractivity contribution is 6.31. The molecule has 3 rings (SSSR count). The number of fused-ring (bicyclic) bond motifs is 1. The van der Waals surface area contributed by atoms with E-state index < -0.39 is 0 Å². The zero-order valence-corrected chi connectivity index (χ0v) is 10.8. The Morgan fingerprint density at radius 3 is 2.79 bits per heavy atom. The molecule has 0 spiro atoms. The van der Waals surface area contributed by atoms with Gasteiger partial charge in [-0.25, -0.2) is 9.97 Å². The molecule has 3 aromatic rings. The molecular formula is C14H11ClN4. The molecule has 0 saturated heterocycles. The Balaban J connectivity index is 2.14. The third kappa shape index (κ3) is 2.48. The fraction of sp³-hybridized carbons (Fsp3) is 0.0714. The number of halogens is 1. The molecule has 0 saturated carbocycles. The van der Waals surface area contributed by atoms with E-state index in [4.69, 9.17) is 17.3 Å². The third-order valence-electron chi connectivity index (χ3n) is 2.83. The van der Waals surface area contributed by atoms with Crippen molar-refractivity contribution in [3.63, 3.8) is 0 Å². The van der Waals surface area contributed by atoms with Crippen molar-refractivity contribution in [3.05, 3.63) is 59.0 Å². The number of hydrogen-bond acceptors (Lipinski definition) is 4. The zero-order chi connectivity index (χ0) is 13.2. The average molecular weight is 271 g/mol. The summed E-state index contributed by atoms with van der Waals surface area (Å²) < 4.78 is 0. The molecule has 0 aliphatic carbocycles. The molecule has 2 heterocycles. The summed E-state index contributed by atoms with van der Waals surface area (Å²) in [5, 5.41) is 1.57. The minimum absolute atomic E-state index is 0.265. The molecule has 0 radical (unpaired) electrons. The lowest BCUT2D eigenvalue weighted by atomic mass is 10.1. The van der Waals surface area contributed by atoms with Crippen LogP contribution in [0.4, 0.5) is 5.95 Å². The minimum atomic E-state index is 0.265. The SMILES string of the molecule is Nc1nc(Cc2ccccn2)c2cc(Cl)ccc2n1. The molecule has 1 aromatic carbocycles. The molecule has 0 atom stereocenters. The van der Waals surface area contributed by atoms with Crippen LogP contribution in [0.15, 0.2) is 42.6 Å². The summed E-state index contributed by atoms with van der Waals surface area (Å²) >= 11 is 6.03. The van der Waals surface area contributed by atoms with Gasteiger partial charge >= 0.3 is 0 Å². The van der Waals surface area contributed by atoms with E-state index in [-0.39, 0.29) is 5.95 Å². The van der Waals surface area contributed by atoms with Gasteiger partial charge in [0.25, 0.3) is 0 Å². The third-order valence-corrected chi connectivity index (χ3v) is 3.06. The van der Waals surface area contributed by atoms with E-state index in [1.165, 1.54) is 0 Å². The summed E-state index contributed by atoms with van der Waals surface area (Å²) in [7, 11) is 0. The molecule has 2 N–H and O–H groups in total. The van der Waals surface area contributed by atoms with Crippen LogP contribution in [-0.2, 0) is 6.42 Å². The van der Waals surface area contributed by atoms with E-state index >= 15 is 0 Å². The second kappa shape index (κ2) is 4.82. The van der Waals surface area contributed by atoms with Crippen LogP contribution < -0.4 is 5.73 Å². The molecular weight excluding hydrogens is 260 g/mol. The molecule has 2 aromatic heterocycles. The van der Waals surface area contributed by atoms with Gasteiger partial charge in [0.2, 0.25) is 5.95 Å². The number of anilines is 1. The van der Waals surface area contributed by atoms with Gasteiger partial charge in [0.05, 0.1) is 11.2 Å². The van der Waals surface area contributed by atoms with E-state index in [1.807, 2.05) is 30.3 Å². The van der Waals surface area contributed by atoms with Crippen molar-refractivity contribution in [1.82, 2.24) is 15.0 Å². The first kappa shape index (κ1) is 11.9.